The predicted octanol–water partition coefficient (Wildman–Crippen LogP) is 4.99. The number of alkyl halides is 2. The number of aromatic nitrogens is 1. The van der Waals surface area contributed by atoms with Crippen LogP contribution >= 0.6 is 0 Å². The molecular weight excluding hydrogens is 516 g/mol. The molecule has 0 spiro atoms. The van der Waals surface area contributed by atoms with Crippen LogP contribution in [0, 0.1) is 6.92 Å². The largest absolute Gasteiger partial charge is 0.474 e. The number of esters is 1. The molecule has 0 aromatic carbocycles. The van der Waals surface area contributed by atoms with E-state index in [1.165, 1.54) is 10.4 Å². The minimum atomic E-state index is -4.05. The van der Waals surface area contributed by atoms with E-state index < -0.39 is 33.6 Å². The van der Waals surface area contributed by atoms with Gasteiger partial charge in [0.15, 0.2) is 0 Å². The number of ether oxygens (including phenoxy) is 2. The number of hydrogen-bond acceptors (Lipinski definition) is 7. The van der Waals surface area contributed by atoms with Gasteiger partial charge in [-0.15, -0.1) is 0 Å². The van der Waals surface area contributed by atoms with Crippen LogP contribution < -0.4 is 10.1 Å². The van der Waals surface area contributed by atoms with Crippen LogP contribution in [0.1, 0.15) is 91.2 Å². The normalized spacial score (nSPS) is 21.8. The highest BCUT2D eigenvalue weighted by Crippen LogP contribution is 2.34. The summed E-state index contributed by atoms with van der Waals surface area (Å²) < 4.78 is 66.7. The highest BCUT2D eigenvalue weighted by atomic mass is 32.2. The number of unbranched alkanes of at least 4 members (excludes halogenated alkanes) is 1. The van der Waals surface area contributed by atoms with Gasteiger partial charge in [0, 0.05) is 31.1 Å². The van der Waals surface area contributed by atoms with Crippen LogP contribution in [0.25, 0.3) is 0 Å². The predicted molar refractivity (Wildman–Crippen MR) is 141 cm³/mol. The van der Waals surface area contributed by atoms with Gasteiger partial charge in [0.2, 0.25) is 21.8 Å². The summed E-state index contributed by atoms with van der Waals surface area (Å²) >= 11 is 0. The molecule has 2 aliphatic rings. The zero-order chi connectivity index (χ0) is 28.1. The van der Waals surface area contributed by atoms with Crippen LogP contribution in [-0.4, -0.2) is 66.5 Å². The summed E-state index contributed by atoms with van der Waals surface area (Å²) in [6.07, 6.45) is 3.93. The lowest BCUT2D eigenvalue weighted by Crippen LogP contribution is -2.43. The van der Waals surface area contributed by atoms with Crippen molar-refractivity contribution in [2.75, 3.05) is 13.1 Å². The van der Waals surface area contributed by atoms with Gasteiger partial charge in [0.05, 0.1) is 6.10 Å². The Morgan fingerprint density at radius 2 is 1.89 bits per heavy atom. The Morgan fingerprint density at radius 3 is 2.55 bits per heavy atom. The van der Waals surface area contributed by atoms with Crippen molar-refractivity contribution < 1.29 is 31.5 Å². The minimum Gasteiger partial charge on any atom is -0.474 e. The molecule has 0 bridgehead atoms. The van der Waals surface area contributed by atoms with Crippen LogP contribution in [0.2, 0.25) is 0 Å². The summed E-state index contributed by atoms with van der Waals surface area (Å²) in [7, 11) is -4.05. The minimum absolute atomic E-state index is 0.0357. The smallest absolute Gasteiger partial charge is 0.324 e. The molecule has 2 atom stereocenters. The van der Waals surface area contributed by atoms with Gasteiger partial charge < -0.3 is 14.8 Å². The topological polar surface area (TPSA) is 97.8 Å². The number of pyridine rings is 1. The molecule has 0 unspecified atom stereocenters. The molecule has 1 saturated carbocycles. The Morgan fingerprint density at radius 1 is 1.21 bits per heavy atom. The molecule has 2 heterocycles. The number of aryl methyl sites for hydroxylation is 1. The Hall–Kier alpha value is -1.85. The van der Waals surface area contributed by atoms with E-state index in [9.17, 15) is 22.0 Å². The van der Waals surface area contributed by atoms with Crippen molar-refractivity contribution in [1.29, 1.82) is 0 Å². The van der Waals surface area contributed by atoms with Gasteiger partial charge in [-0.25, -0.2) is 22.2 Å². The average Bonchev–Trinajstić information content (AvgIpc) is 3.30. The SMILES string of the molecule is Cc1ccc(S(=O)(=O)N2CCC[C@H]2C(=O)OC(C)(C)C)c(O[C@H](C)CCCCNC2CCC(F)(F)CC2)n1. The Bertz CT molecular complexity index is 1050. The first-order chi connectivity index (χ1) is 17.7. The maximum absolute atomic E-state index is 13.7. The number of rotatable bonds is 11. The number of carbonyl (C=O) groups excluding carboxylic acids is 1. The van der Waals surface area contributed by atoms with Crippen LogP contribution in [0.4, 0.5) is 8.78 Å². The van der Waals surface area contributed by atoms with E-state index in [1.807, 2.05) is 6.92 Å². The zero-order valence-corrected chi connectivity index (χ0v) is 24.1. The second-order valence-corrected chi connectivity index (χ2v) is 13.4. The lowest BCUT2D eigenvalue weighted by Gasteiger charge is -2.29. The van der Waals surface area contributed by atoms with Gasteiger partial charge in [-0.3, -0.25) is 4.79 Å². The quantitative estimate of drug-likeness (QED) is 0.301. The third-order valence-corrected chi connectivity index (χ3v) is 8.86. The number of carbonyl (C=O) groups is 1. The molecule has 0 radical (unpaired) electrons. The second-order valence-electron chi connectivity index (χ2n) is 11.6. The van der Waals surface area contributed by atoms with Crippen LogP contribution in [0.3, 0.4) is 0 Å². The van der Waals surface area contributed by atoms with Gasteiger partial charge >= 0.3 is 5.97 Å². The number of halogens is 2. The fraction of sp³-hybridized carbons (Fsp3) is 0.778. The maximum Gasteiger partial charge on any atom is 0.324 e. The van der Waals surface area contributed by atoms with E-state index in [2.05, 4.69) is 10.3 Å². The first-order valence-corrected chi connectivity index (χ1v) is 15.1. The first kappa shape index (κ1) is 30.7. The van der Waals surface area contributed by atoms with Gasteiger partial charge in [0.1, 0.15) is 16.5 Å². The van der Waals surface area contributed by atoms with Crippen molar-refractivity contribution in [2.45, 2.75) is 127 Å². The van der Waals surface area contributed by atoms with Gasteiger partial charge in [-0.05, 0) is 98.2 Å². The Labute approximate surface area is 225 Å². The van der Waals surface area contributed by atoms with Gasteiger partial charge in [-0.1, -0.05) is 0 Å². The third-order valence-electron chi connectivity index (χ3n) is 6.93. The third kappa shape index (κ3) is 8.58. The maximum atomic E-state index is 13.7. The molecular formula is C27H43F2N3O5S. The molecule has 1 saturated heterocycles. The van der Waals surface area contributed by atoms with Crippen LogP contribution in [-0.2, 0) is 19.6 Å². The molecule has 38 heavy (non-hydrogen) atoms. The van der Waals surface area contributed by atoms with Gasteiger partial charge in [-0.2, -0.15) is 4.31 Å². The molecule has 3 rings (SSSR count). The lowest BCUT2D eigenvalue weighted by molar-refractivity contribution is -0.158. The van der Waals surface area contributed by atoms with Crippen LogP contribution in [0.15, 0.2) is 17.0 Å². The molecule has 0 amide bonds. The summed E-state index contributed by atoms with van der Waals surface area (Å²) in [5, 5.41) is 3.37. The fourth-order valence-corrected chi connectivity index (χ4v) is 6.62. The molecule has 8 nitrogen and oxygen atoms in total. The molecule has 216 valence electrons. The van der Waals surface area contributed by atoms with Gasteiger partial charge in [0.25, 0.3) is 0 Å². The molecule has 1 N–H and O–H groups in total. The summed E-state index contributed by atoms with van der Waals surface area (Å²) in [6, 6.07) is 2.37. The first-order valence-electron chi connectivity index (χ1n) is 13.7. The number of sulfonamides is 1. The summed E-state index contributed by atoms with van der Waals surface area (Å²) in [5.74, 6) is -3.04. The van der Waals surface area contributed by atoms with E-state index >= 15 is 0 Å². The van der Waals surface area contributed by atoms with E-state index in [1.54, 1.807) is 33.8 Å². The standard InChI is InChI=1S/C27H43F2N3O5S/c1-19-11-12-23(38(34,35)32-18-8-10-22(32)25(33)37-26(3,4)5)24(31-19)36-20(2)9-6-7-17-30-21-13-15-27(28,29)16-14-21/h11-12,20-22,30H,6-10,13-18H2,1-5H3/t20-,22+/m1/s1. The van der Waals surface area contributed by atoms with Crippen molar-refractivity contribution in [3.8, 4) is 5.88 Å². The summed E-state index contributed by atoms with van der Waals surface area (Å²) in [6.45, 7) is 9.86. The molecule has 1 aliphatic heterocycles. The Kier molecular flexibility index (Phi) is 10.1. The highest BCUT2D eigenvalue weighted by Gasteiger charge is 2.43. The highest BCUT2D eigenvalue weighted by molar-refractivity contribution is 7.89. The summed E-state index contributed by atoms with van der Waals surface area (Å²) in [4.78, 5) is 17.1. The van der Waals surface area contributed by atoms with Crippen molar-refractivity contribution in [1.82, 2.24) is 14.6 Å². The van der Waals surface area contributed by atoms with Crippen molar-refractivity contribution in [2.24, 2.45) is 0 Å². The Balaban J connectivity index is 1.57. The van der Waals surface area contributed by atoms with E-state index in [0.29, 0.717) is 37.8 Å². The van der Waals surface area contributed by atoms with Crippen molar-refractivity contribution >= 4 is 16.0 Å². The van der Waals surface area contributed by atoms with Crippen molar-refractivity contribution in [3.05, 3.63) is 17.8 Å². The zero-order valence-electron chi connectivity index (χ0n) is 23.3. The number of nitrogens with one attached hydrogen (secondary N) is 1. The summed E-state index contributed by atoms with van der Waals surface area (Å²) in [5.41, 5.74) is -0.0938. The lowest BCUT2D eigenvalue weighted by atomic mass is 9.92. The van der Waals surface area contributed by atoms with E-state index in [4.69, 9.17) is 9.47 Å². The monoisotopic (exact) mass is 559 g/mol. The fourth-order valence-electron chi connectivity index (χ4n) is 4.92. The molecule has 1 aliphatic carbocycles. The molecule has 11 heteroatoms. The molecule has 1 aromatic rings. The van der Waals surface area contributed by atoms with Crippen molar-refractivity contribution in [3.63, 3.8) is 0 Å². The van der Waals surface area contributed by atoms with E-state index in [0.717, 1.165) is 19.4 Å². The number of nitrogens with zero attached hydrogens (tertiary/aromatic N) is 2. The average molecular weight is 560 g/mol. The number of hydrogen-bond donors (Lipinski definition) is 1. The van der Waals surface area contributed by atoms with Crippen LogP contribution in [0.5, 0.6) is 5.88 Å². The second kappa shape index (κ2) is 12.6. The van der Waals surface area contributed by atoms with E-state index in [-0.39, 0.29) is 42.3 Å². The molecule has 1 aromatic heterocycles. The molecule has 2 fully saturated rings.